The summed E-state index contributed by atoms with van der Waals surface area (Å²) in [5, 5.41) is 1.97. The summed E-state index contributed by atoms with van der Waals surface area (Å²) in [5.74, 6) is 0.0368. The van der Waals surface area contributed by atoms with Gasteiger partial charge in [-0.3, -0.25) is 9.69 Å². The lowest BCUT2D eigenvalue weighted by atomic mass is 10.2. The van der Waals surface area contributed by atoms with Crippen molar-refractivity contribution in [1.29, 1.82) is 0 Å². The molecule has 12 heteroatoms. The van der Waals surface area contributed by atoms with Crippen LogP contribution in [0.2, 0.25) is 5.02 Å². The Balaban J connectivity index is 1.56. The Labute approximate surface area is 188 Å². The monoisotopic (exact) mass is 491 g/mol. The number of carbonyl (C=O) groups excluding carboxylic acids is 1. The minimum Gasteiger partial charge on any atom is -0.497 e. The molecule has 1 amide bonds. The van der Waals surface area contributed by atoms with Crippen molar-refractivity contribution in [1.82, 2.24) is 9.21 Å². The average Bonchev–Trinajstić information content (AvgIpc) is 2.74. The third-order valence-electron chi connectivity index (χ3n) is 4.95. The molecule has 0 aromatic heterocycles. The maximum absolute atomic E-state index is 13.0. The Hall–Kier alpha value is -2.34. The van der Waals surface area contributed by atoms with Crippen LogP contribution in [0.4, 0.5) is 18.9 Å². The van der Waals surface area contributed by atoms with Gasteiger partial charge in [-0.15, -0.1) is 0 Å². The molecular formula is C20H21ClF3N3O4S. The molecule has 1 saturated heterocycles. The van der Waals surface area contributed by atoms with Crippen molar-refractivity contribution in [3.63, 3.8) is 0 Å². The normalized spacial score (nSPS) is 16.0. The zero-order valence-electron chi connectivity index (χ0n) is 17.0. The van der Waals surface area contributed by atoms with Gasteiger partial charge in [0.2, 0.25) is 15.9 Å². The average molecular weight is 492 g/mol. The van der Waals surface area contributed by atoms with E-state index in [0.717, 1.165) is 12.1 Å². The van der Waals surface area contributed by atoms with Crippen LogP contribution < -0.4 is 10.1 Å². The SMILES string of the molecule is COc1ccc(S(=O)(=O)N2CCN(CC(=O)Nc3ccc(Cl)c(C(F)(F)F)c3)CC2)cc1. The van der Waals surface area contributed by atoms with E-state index in [4.69, 9.17) is 16.3 Å². The number of hydrogen-bond acceptors (Lipinski definition) is 5. The van der Waals surface area contributed by atoms with E-state index in [9.17, 15) is 26.4 Å². The third kappa shape index (κ3) is 5.71. The van der Waals surface area contributed by atoms with Gasteiger partial charge in [-0.2, -0.15) is 17.5 Å². The van der Waals surface area contributed by atoms with E-state index >= 15 is 0 Å². The summed E-state index contributed by atoms with van der Waals surface area (Å²) in [4.78, 5) is 14.2. The molecule has 0 unspecified atom stereocenters. The van der Waals surface area contributed by atoms with Crippen LogP contribution in [0.1, 0.15) is 5.56 Å². The van der Waals surface area contributed by atoms with Gasteiger partial charge in [0.15, 0.2) is 0 Å². The van der Waals surface area contributed by atoms with E-state index < -0.39 is 32.7 Å². The lowest BCUT2D eigenvalue weighted by Crippen LogP contribution is -2.50. The van der Waals surface area contributed by atoms with Crippen molar-refractivity contribution in [2.24, 2.45) is 0 Å². The van der Waals surface area contributed by atoms with Crippen LogP contribution in [0.25, 0.3) is 0 Å². The highest BCUT2D eigenvalue weighted by Crippen LogP contribution is 2.36. The van der Waals surface area contributed by atoms with E-state index in [-0.39, 0.29) is 30.2 Å². The van der Waals surface area contributed by atoms with Crippen LogP contribution in [-0.4, -0.2) is 63.4 Å². The van der Waals surface area contributed by atoms with E-state index in [0.29, 0.717) is 18.8 Å². The van der Waals surface area contributed by atoms with Gasteiger partial charge in [-0.1, -0.05) is 11.6 Å². The second-order valence-electron chi connectivity index (χ2n) is 7.10. The Morgan fingerprint density at radius 2 is 1.72 bits per heavy atom. The highest BCUT2D eigenvalue weighted by molar-refractivity contribution is 7.89. The number of benzene rings is 2. The van der Waals surface area contributed by atoms with Crippen molar-refractivity contribution >= 4 is 33.2 Å². The van der Waals surface area contributed by atoms with E-state index in [1.165, 1.54) is 29.6 Å². The summed E-state index contributed by atoms with van der Waals surface area (Å²) >= 11 is 5.58. The van der Waals surface area contributed by atoms with Crippen molar-refractivity contribution in [2.45, 2.75) is 11.1 Å². The minimum absolute atomic E-state index is 0.0209. The summed E-state index contributed by atoms with van der Waals surface area (Å²) in [6.07, 6.45) is -4.64. The second kappa shape index (κ2) is 9.65. The van der Waals surface area contributed by atoms with E-state index in [2.05, 4.69) is 5.32 Å². The topological polar surface area (TPSA) is 79.0 Å². The molecule has 0 bridgehead atoms. The number of methoxy groups -OCH3 is 1. The fourth-order valence-corrected chi connectivity index (χ4v) is 4.90. The van der Waals surface area contributed by atoms with Crippen molar-refractivity contribution in [3.05, 3.63) is 53.1 Å². The van der Waals surface area contributed by atoms with Crippen molar-refractivity contribution in [2.75, 3.05) is 45.2 Å². The first-order valence-corrected chi connectivity index (χ1v) is 11.4. The zero-order valence-corrected chi connectivity index (χ0v) is 18.6. The minimum atomic E-state index is -4.64. The van der Waals surface area contributed by atoms with Gasteiger partial charge in [-0.25, -0.2) is 8.42 Å². The molecule has 7 nitrogen and oxygen atoms in total. The van der Waals surface area contributed by atoms with Gasteiger partial charge in [0.05, 0.1) is 29.1 Å². The molecule has 1 heterocycles. The third-order valence-corrected chi connectivity index (χ3v) is 7.19. The number of amides is 1. The highest BCUT2D eigenvalue weighted by Gasteiger charge is 2.33. The number of carbonyl (C=O) groups is 1. The van der Waals surface area contributed by atoms with E-state index in [1.54, 1.807) is 17.0 Å². The molecule has 0 saturated carbocycles. The maximum atomic E-state index is 13.0. The number of alkyl halides is 3. The number of anilines is 1. The molecule has 1 fully saturated rings. The number of nitrogens with zero attached hydrogens (tertiary/aromatic N) is 2. The molecule has 2 aromatic rings. The number of rotatable bonds is 6. The second-order valence-corrected chi connectivity index (χ2v) is 9.44. The van der Waals surface area contributed by atoms with Crippen molar-refractivity contribution in [3.8, 4) is 5.75 Å². The highest BCUT2D eigenvalue weighted by atomic mass is 35.5. The Bertz CT molecular complexity index is 1070. The fraction of sp³-hybridized carbons (Fsp3) is 0.350. The molecule has 1 aliphatic rings. The molecule has 3 rings (SSSR count). The molecule has 174 valence electrons. The quantitative estimate of drug-likeness (QED) is 0.670. The van der Waals surface area contributed by atoms with Crippen LogP contribution >= 0.6 is 11.6 Å². The van der Waals surface area contributed by atoms with Crippen LogP contribution in [0.5, 0.6) is 5.75 Å². The molecule has 2 aromatic carbocycles. The molecule has 0 radical (unpaired) electrons. The van der Waals surface area contributed by atoms with Gasteiger partial charge < -0.3 is 10.1 Å². The first-order chi connectivity index (χ1) is 15.0. The molecular weight excluding hydrogens is 471 g/mol. The summed E-state index contributed by atoms with van der Waals surface area (Å²) in [6, 6.07) is 9.20. The van der Waals surface area contributed by atoms with Crippen LogP contribution in [-0.2, 0) is 21.0 Å². The number of nitrogens with one attached hydrogen (secondary N) is 1. The lowest BCUT2D eigenvalue weighted by molar-refractivity contribution is -0.137. The van der Waals surface area contributed by atoms with Crippen LogP contribution in [0.3, 0.4) is 0 Å². The summed E-state index contributed by atoms with van der Waals surface area (Å²) in [7, 11) is -2.19. The van der Waals surface area contributed by atoms with Gasteiger partial charge in [0.1, 0.15) is 5.75 Å². The van der Waals surface area contributed by atoms with Crippen LogP contribution in [0.15, 0.2) is 47.4 Å². The van der Waals surface area contributed by atoms with Crippen LogP contribution in [0, 0.1) is 0 Å². The van der Waals surface area contributed by atoms with Crippen molar-refractivity contribution < 1.29 is 31.1 Å². The summed E-state index contributed by atoms with van der Waals surface area (Å²) < 4.78 is 70.8. The molecule has 0 aliphatic carbocycles. The number of piperazine rings is 1. The number of hydrogen-bond donors (Lipinski definition) is 1. The standard InChI is InChI=1S/C20H21ClF3N3O4S/c1-31-15-3-5-16(6-4-15)32(29,30)27-10-8-26(9-11-27)13-19(28)25-14-2-7-18(21)17(12-14)20(22,23)24/h2-7,12H,8-11,13H2,1H3,(H,25,28). The van der Waals surface area contributed by atoms with Gasteiger partial charge in [0.25, 0.3) is 0 Å². The summed E-state index contributed by atoms with van der Waals surface area (Å²) in [6.45, 7) is 0.885. The largest absolute Gasteiger partial charge is 0.497 e. The molecule has 32 heavy (non-hydrogen) atoms. The zero-order chi connectivity index (χ0) is 23.5. The predicted molar refractivity (Wildman–Crippen MR) is 113 cm³/mol. The first-order valence-electron chi connectivity index (χ1n) is 9.54. The number of ether oxygens (including phenoxy) is 1. The van der Waals surface area contributed by atoms with E-state index in [1.807, 2.05) is 0 Å². The Morgan fingerprint density at radius 3 is 2.28 bits per heavy atom. The predicted octanol–water partition coefficient (Wildman–Crippen LogP) is 3.31. The number of sulfonamides is 1. The van der Waals surface area contributed by atoms with Gasteiger partial charge in [0, 0.05) is 31.9 Å². The first kappa shape index (κ1) is 24.3. The Kier molecular flexibility index (Phi) is 7.33. The molecule has 1 aliphatic heterocycles. The van der Waals surface area contributed by atoms with Gasteiger partial charge >= 0.3 is 6.18 Å². The molecule has 0 atom stereocenters. The smallest absolute Gasteiger partial charge is 0.417 e. The van der Waals surface area contributed by atoms with Gasteiger partial charge in [-0.05, 0) is 42.5 Å². The fourth-order valence-electron chi connectivity index (χ4n) is 3.25. The maximum Gasteiger partial charge on any atom is 0.417 e. The molecule has 0 spiro atoms. The summed E-state index contributed by atoms with van der Waals surface area (Å²) in [5.41, 5.74) is -1.05. The lowest BCUT2D eigenvalue weighted by Gasteiger charge is -2.33. The Morgan fingerprint density at radius 1 is 1.09 bits per heavy atom. The molecule has 1 N–H and O–H groups in total. The number of halogens is 4.